The topological polar surface area (TPSA) is 64.9 Å². The van der Waals surface area contributed by atoms with E-state index in [1.54, 1.807) is 11.3 Å². The molecule has 1 atom stereocenters. The minimum Gasteiger partial charge on any atom is -0.419 e. The molecule has 5 heteroatoms. The first kappa shape index (κ1) is 12.1. The lowest BCUT2D eigenvalue weighted by atomic mass is 10.1. The van der Waals surface area contributed by atoms with Crippen molar-refractivity contribution in [2.24, 2.45) is 5.73 Å². The van der Waals surface area contributed by atoms with Crippen LogP contribution in [0.1, 0.15) is 23.1 Å². The Kier molecular flexibility index (Phi) is 3.15. The van der Waals surface area contributed by atoms with Crippen molar-refractivity contribution in [3.8, 4) is 11.5 Å². The van der Waals surface area contributed by atoms with Gasteiger partial charge in [0, 0.05) is 5.38 Å². The minimum absolute atomic E-state index is 0.388. The third kappa shape index (κ3) is 2.30. The maximum Gasteiger partial charge on any atom is 0.248 e. The molecule has 1 unspecified atom stereocenters. The Morgan fingerprint density at radius 2 is 1.95 bits per heavy atom. The Morgan fingerprint density at radius 3 is 2.63 bits per heavy atom. The van der Waals surface area contributed by atoms with Gasteiger partial charge in [0.15, 0.2) is 0 Å². The second-order valence-electron chi connectivity index (χ2n) is 4.30. The fraction of sp³-hybridized carbons (Fsp3) is 0.143. The summed E-state index contributed by atoms with van der Waals surface area (Å²) in [5.41, 5.74) is 9.19. The molecule has 4 nitrogen and oxygen atoms in total. The highest BCUT2D eigenvalue weighted by Crippen LogP contribution is 2.27. The molecule has 0 spiro atoms. The number of thiophene rings is 1. The van der Waals surface area contributed by atoms with Crippen LogP contribution in [0.4, 0.5) is 0 Å². The lowest BCUT2D eigenvalue weighted by molar-refractivity contribution is 0.484. The van der Waals surface area contributed by atoms with Gasteiger partial charge >= 0.3 is 0 Å². The molecular formula is C14H13N3OS. The maximum absolute atomic E-state index is 6.13. The highest BCUT2D eigenvalue weighted by molar-refractivity contribution is 7.08. The fourth-order valence-electron chi connectivity index (χ4n) is 1.85. The van der Waals surface area contributed by atoms with E-state index in [4.69, 9.17) is 10.2 Å². The maximum atomic E-state index is 6.13. The van der Waals surface area contributed by atoms with Gasteiger partial charge in [0.1, 0.15) is 6.04 Å². The summed E-state index contributed by atoms with van der Waals surface area (Å²) >= 11 is 1.62. The van der Waals surface area contributed by atoms with Gasteiger partial charge in [-0.3, -0.25) is 0 Å². The van der Waals surface area contributed by atoms with E-state index in [-0.39, 0.29) is 6.04 Å². The van der Waals surface area contributed by atoms with Crippen LogP contribution in [0, 0.1) is 6.92 Å². The van der Waals surface area contributed by atoms with Crippen LogP contribution >= 0.6 is 11.3 Å². The molecule has 2 heterocycles. The zero-order valence-corrected chi connectivity index (χ0v) is 11.2. The van der Waals surface area contributed by atoms with Crippen molar-refractivity contribution in [3.05, 3.63) is 58.1 Å². The Balaban J connectivity index is 1.92. The number of nitrogens with zero attached hydrogens (tertiary/aromatic N) is 2. The molecule has 2 N–H and O–H groups in total. The van der Waals surface area contributed by atoms with Gasteiger partial charge in [0.05, 0.1) is 5.56 Å². The van der Waals surface area contributed by atoms with Crippen molar-refractivity contribution >= 4 is 11.3 Å². The highest BCUT2D eigenvalue weighted by Gasteiger charge is 2.18. The van der Waals surface area contributed by atoms with Gasteiger partial charge in [-0.25, -0.2) is 0 Å². The van der Waals surface area contributed by atoms with Crippen LogP contribution in [0.2, 0.25) is 0 Å². The number of hydrogen-bond acceptors (Lipinski definition) is 5. The average Bonchev–Trinajstić information content (AvgIpc) is 3.07. The highest BCUT2D eigenvalue weighted by atomic mass is 32.1. The first-order chi connectivity index (χ1) is 9.25. The van der Waals surface area contributed by atoms with Crippen molar-refractivity contribution in [3.63, 3.8) is 0 Å². The molecule has 2 aromatic heterocycles. The fourth-order valence-corrected chi connectivity index (χ4v) is 2.67. The number of rotatable bonds is 3. The molecule has 3 aromatic rings. The summed E-state index contributed by atoms with van der Waals surface area (Å²) in [5.74, 6) is 0.965. The predicted molar refractivity (Wildman–Crippen MR) is 74.8 cm³/mol. The molecule has 1 aromatic carbocycles. The lowest BCUT2D eigenvalue weighted by Crippen LogP contribution is -2.11. The van der Waals surface area contributed by atoms with Crippen LogP contribution in [-0.2, 0) is 0 Å². The standard InChI is InChI=1S/C14H13N3OS/c1-9-7-19-8-11(9)13-16-17-14(18-13)12(15)10-5-3-2-4-6-10/h2-8,12H,15H2,1H3. The molecule has 0 fully saturated rings. The molecule has 0 aliphatic heterocycles. The van der Waals surface area contributed by atoms with Gasteiger partial charge in [-0.15, -0.1) is 10.2 Å². The van der Waals surface area contributed by atoms with Crippen LogP contribution in [0.5, 0.6) is 0 Å². The molecular weight excluding hydrogens is 258 g/mol. The Hall–Kier alpha value is -1.98. The first-order valence-corrected chi connectivity index (χ1v) is 6.87. The van der Waals surface area contributed by atoms with E-state index in [0.717, 1.165) is 16.7 Å². The van der Waals surface area contributed by atoms with Crippen molar-refractivity contribution in [2.75, 3.05) is 0 Å². The SMILES string of the molecule is Cc1cscc1-c1nnc(C(N)c2ccccc2)o1. The molecule has 0 saturated heterocycles. The third-order valence-corrected chi connectivity index (χ3v) is 3.81. The number of aryl methyl sites for hydroxylation is 1. The Bertz CT molecular complexity index is 675. The number of nitrogens with two attached hydrogens (primary N) is 1. The summed E-state index contributed by atoms with van der Waals surface area (Å²) in [4.78, 5) is 0. The van der Waals surface area contributed by atoms with Crippen LogP contribution < -0.4 is 5.73 Å². The van der Waals surface area contributed by atoms with Crippen LogP contribution in [0.3, 0.4) is 0 Å². The summed E-state index contributed by atoms with van der Waals surface area (Å²) in [5, 5.41) is 12.2. The number of benzene rings is 1. The van der Waals surface area contributed by atoms with E-state index in [1.807, 2.05) is 42.6 Å². The molecule has 19 heavy (non-hydrogen) atoms. The largest absolute Gasteiger partial charge is 0.419 e. The van der Waals surface area contributed by atoms with Crippen LogP contribution in [-0.4, -0.2) is 10.2 Å². The van der Waals surface area contributed by atoms with Crippen LogP contribution in [0.15, 0.2) is 45.5 Å². The van der Waals surface area contributed by atoms with Gasteiger partial charge in [0.25, 0.3) is 0 Å². The molecule has 0 aliphatic rings. The van der Waals surface area contributed by atoms with Gasteiger partial charge < -0.3 is 10.2 Å². The average molecular weight is 271 g/mol. The second kappa shape index (κ2) is 4.95. The lowest BCUT2D eigenvalue weighted by Gasteiger charge is -2.06. The smallest absolute Gasteiger partial charge is 0.248 e. The van der Waals surface area contributed by atoms with E-state index in [0.29, 0.717) is 11.8 Å². The van der Waals surface area contributed by atoms with E-state index < -0.39 is 0 Å². The van der Waals surface area contributed by atoms with E-state index in [2.05, 4.69) is 15.6 Å². The molecule has 0 amide bonds. The quantitative estimate of drug-likeness (QED) is 0.794. The van der Waals surface area contributed by atoms with E-state index >= 15 is 0 Å². The predicted octanol–water partition coefficient (Wildman–Crippen LogP) is 3.15. The van der Waals surface area contributed by atoms with Gasteiger partial charge in [0.2, 0.25) is 11.8 Å². The third-order valence-electron chi connectivity index (χ3n) is 2.95. The monoisotopic (exact) mass is 271 g/mol. The van der Waals surface area contributed by atoms with Crippen molar-refractivity contribution in [1.29, 1.82) is 0 Å². The minimum atomic E-state index is -0.388. The zero-order valence-electron chi connectivity index (χ0n) is 10.4. The molecule has 0 radical (unpaired) electrons. The first-order valence-electron chi connectivity index (χ1n) is 5.93. The van der Waals surface area contributed by atoms with Gasteiger partial charge in [-0.1, -0.05) is 30.3 Å². The van der Waals surface area contributed by atoms with Gasteiger partial charge in [-0.2, -0.15) is 11.3 Å². The summed E-state index contributed by atoms with van der Waals surface area (Å²) in [7, 11) is 0. The molecule has 3 rings (SSSR count). The second-order valence-corrected chi connectivity index (χ2v) is 5.05. The van der Waals surface area contributed by atoms with E-state index in [1.165, 1.54) is 0 Å². The molecule has 0 bridgehead atoms. The van der Waals surface area contributed by atoms with Crippen molar-refractivity contribution < 1.29 is 4.42 Å². The zero-order chi connectivity index (χ0) is 13.2. The Labute approximate surface area is 114 Å². The normalized spacial score (nSPS) is 12.5. The number of aromatic nitrogens is 2. The van der Waals surface area contributed by atoms with Crippen molar-refractivity contribution in [2.45, 2.75) is 13.0 Å². The Morgan fingerprint density at radius 1 is 1.16 bits per heavy atom. The van der Waals surface area contributed by atoms with E-state index in [9.17, 15) is 0 Å². The number of hydrogen-bond donors (Lipinski definition) is 1. The summed E-state index contributed by atoms with van der Waals surface area (Å²) in [6.07, 6.45) is 0. The van der Waals surface area contributed by atoms with Crippen LogP contribution in [0.25, 0.3) is 11.5 Å². The van der Waals surface area contributed by atoms with Crippen molar-refractivity contribution in [1.82, 2.24) is 10.2 Å². The summed E-state index contributed by atoms with van der Waals surface area (Å²) in [6, 6.07) is 9.34. The molecule has 0 saturated carbocycles. The summed E-state index contributed by atoms with van der Waals surface area (Å²) < 4.78 is 5.68. The summed E-state index contributed by atoms with van der Waals surface area (Å²) in [6.45, 7) is 2.02. The molecule has 96 valence electrons. The molecule has 0 aliphatic carbocycles. The van der Waals surface area contributed by atoms with Gasteiger partial charge in [-0.05, 0) is 23.4 Å².